The summed E-state index contributed by atoms with van der Waals surface area (Å²) in [5, 5.41) is 6.46. The fourth-order valence-electron chi connectivity index (χ4n) is 3.42. The maximum absolute atomic E-state index is 12.6. The van der Waals surface area contributed by atoms with Crippen LogP contribution in [0.4, 0.5) is 5.69 Å². The number of anilines is 1. The second-order valence-electron chi connectivity index (χ2n) is 6.56. The van der Waals surface area contributed by atoms with E-state index in [0.717, 1.165) is 62.6 Å². The number of rotatable bonds is 5. The minimum Gasteiger partial charge on any atom is -0.371 e. The van der Waals surface area contributed by atoms with Crippen LogP contribution in [0.3, 0.4) is 0 Å². The number of benzene rings is 1. The molecule has 5 heteroatoms. The Morgan fingerprint density at radius 2 is 1.91 bits per heavy atom. The number of nitrogens with one attached hydrogen (secondary N) is 2. The molecule has 1 aromatic carbocycles. The van der Waals surface area contributed by atoms with E-state index >= 15 is 0 Å². The number of nitrogens with zero attached hydrogens (tertiary/aromatic N) is 2. The van der Waals surface area contributed by atoms with Crippen molar-refractivity contribution in [2.24, 2.45) is 0 Å². The van der Waals surface area contributed by atoms with Gasteiger partial charge in [0.25, 0.3) is 5.91 Å². The zero-order chi connectivity index (χ0) is 16.1. The monoisotopic (exact) mass is 316 g/mol. The van der Waals surface area contributed by atoms with Gasteiger partial charge in [0.1, 0.15) is 0 Å². The van der Waals surface area contributed by atoms with Crippen molar-refractivity contribution < 1.29 is 4.79 Å². The summed E-state index contributed by atoms with van der Waals surface area (Å²) in [5.74, 6) is 0.0609. The lowest BCUT2D eigenvalue weighted by atomic mass is 10.1. The van der Waals surface area contributed by atoms with Crippen LogP contribution in [0.1, 0.15) is 28.8 Å². The zero-order valence-corrected chi connectivity index (χ0v) is 14.1. The molecule has 2 aliphatic heterocycles. The normalized spacial score (nSPS) is 19.1. The summed E-state index contributed by atoms with van der Waals surface area (Å²) in [4.78, 5) is 17.4. The van der Waals surface area contributed by atoms with Gasteiger partial charge in [-0.2, -0.15) is 0 Å². The summed E-state index contributed by atoms with van der Waals surface area (Å²) < 4.78 is 0. The van der Waals surface area contributed by atoms with Gasteiger partial charge in [0.2, 0.25) is 0 Å². The Morgan fingerprint density at radius 1 is 1.17 bits per heavy atom. The highest BCUT2D eigenvalue weighted by molar-refractivity contribution is 6.00. The Balaban J connectivity index is 1.60. The summed E-state index contributed by atoms with van der Waals surface area (Å²) in [6.07, 6.45) is 2.44. The number of hydrogen-bond acceptors (Lipinski definition) is 4. The third-order valence-electron chi connectivity index (χ3n) is 4.77. The van der Waals surface area contributed by atoms with Gasteiger partial charge in [-0.15, -0.1) is 0 Å². The lowest BCUT2D eigenvalue weighted by Gasteiger charge is -2.27. The number of aryl methyl sites for hydroxylation is 1. The van der Waals surface area contributed by atoms with Crippen molar-refractivity contribution in [1.82, 2.24) is 15.5 Å². The molecule has 0 unspecified atom stereocenters. The summed E-state index contributed by atoms with van der Waals surface area (Å²) in [7, 11) is 0. The Labute approximate surface area is 139 Å². The smallest absolute Gasteiger partial charge is 0.253 e. The van der Waals surface area contributed by atoms with Crippen molar-refractivity contribution >= 4 is 11.6 Å². The van der Waals surface area contributed by atoms with Crippen molar-refractivity contribution in [3.8, 4) is 0 Å². The first-order valence-electron chi connectivity index (χ1n) is 8.81. The number of piperazine rings is 1. The van der Waals surface area contributed by atoms with Crippen molar-refractivity contribution in [2.45, 2.75) is 19.8 Å². The zero-order valence-electron chi connectivity index (χ0n) is 14.1. The molecule has 2 heterocycles. The quantitative estimate of drug-likeness (QED) is 0.858. The van der Waals surface area contributed by atoms with Crippen molar-refractivity contribution in [3.63, 3.8) is 0 Å². The van der Waals surface area contributed by atoms with E-state index < -0.39 is 0 Å². The fourth-order valence-corrected chi connectivity index (χ4v) is 3.42. The molecule has 2 fully saturated rings. The van der Waals surface area contributed by atoms with Crippen molar-refractivity contribution in [1.29, 1.82) is 0 Å². The van der Waals surface area contributed by atoms with Crippen LogP contribution in [-0.2, 0) is 0 Å². The van der Waals surface area contributed by atoms with Gasteiger partial charge in [-0.25, -0.2) is 0 Å². The Bertz CT molecular complexity index is 534. The first kappa shape index (κ1) is 16.3. The van der Waals surface area contributed by atoms with Gasteiger partial charge < -0.3 is 15.5 Å². The van der Waals surface area contributed by atoms with Crippen LogP contribution in [0.5, 0.6) is 0 Å². The topological polar surface area (TPSA) is 47.6 Å². The van der Waals surface area contributed by atoms with E-state index in [1.165, 1.54) is 12.8 Å². The number of hydrogen-bond donors (Lipinski definition) is 2. The molecule has 0 bridgehead atoms. The van der Waals surface area contributed by atoms with E-state index in [4.69, 9.17) is 0 Å². The van der Waals surface area contributed by atoms with E-state index in [1.54, 1.807) is 0 Å². The molecule has 0 saturated carbocycles. The summed E-state index contributed by atoms with van der Waals surface area (Å²) in [6.45, 7) is 10.0. The van der Waals surface area contributed by atoms with E-state index in [9.17, 15) is 4.79 Å². The van der Waals surface area contributed by atoms with Gasteiger partial charge >= 0.3 is 0 Å². The fraction of sp³-hybridized carbons (Fsp3) is 0.611. The molecule has 0 spiro atoms. The van der Waals surface area contributed by atoms with Crippen LogP contribution in [0, 0.1) is 6.92 Å². The predicted molar refractivity (Wildman–Crippen MR) is 94.3 cm³/mol. The molecule has 126 valence electrons. The maximum atomic E-state index is 12.6. The van der Waals surface area contributed by atoms with Gasteiger partial charge in [-0.3, -0.25) is 9.69 Å². The molecule has 2 aliphatic rings. The average Bonchev–Trinajstić information content (AvgIpc) is 3.10. The third kappa shape index (κ3) is 4.24. The number of amides is 1. The summed E-state index contributed by atoms with van der Waals surface area (Å²) in [5.41, 5.74) is 3.06. The van der Waals surface area contributed by atoms with Gasteiger partial charge in [0, 0.05) is 58.0 Å². The molecular formula is C18H28N4O. The lowest BCUT2D eigenvalue weighted by Crippen LogP contribution is -2.46. The Kier molecular flexibility index (Phi) is 5.51. The van der Waals surface area contributed by atoms with Gasteiger partial charge in [-0.1, -0.05) is 11.6 Å². The molecule has 2 N–H and O–H groups in total. The van der Waals surface area contributed by atoms with E-state index in [-0.39, 0.29) is 5.91 Å². The van der Waals surface area contributed by atoms with Crippen LogP contribution < -0.4 is 15.5 Å². The molecule has 0 radical (unpaired) electrons. The highest BCUT2D eigenvalue weighted by Crippen LogP contribution is 2.25. The second kappa shape index (κ2) is 7.79. The molecule has 1 amide bonds. The average molecular weight is 316 g/mol. The van der Waals surface area contributed by atoms with Crippen LogP contribution in [0.2, 0.25) is 0 Å². The van der Waals surface area contributed by atoms with Crippen LogP contribution in [0.25, 0.3) is 0 Å². The van der Waals surface area contributed by atoms with Gasteiger partial charge in [0.05, 0.1) is 5.56 Å². The highest BCUT2D eigenvalue weighted by Gasteiger charge is 2.19. The molecular weight excluding hydrogens is 288 g/mol. The van der Waals surface area contributed by atoms with E-state index in [1.807, 2.05) is 13.0 Å². The molecule has 1 aromatic rings. The minimum atomic E-state index is 0.0609. The largest absolute Gasteiger partial charge is 0.371 e. The van der Waals surface area contributed by atoms with Crippen LogP contribution in [0.15, 0.2) is 18.2 Å². The number of carbonyl (C=O) groups is 1. The molecule has 3 rings (SSSR count). The minimum absolute atomic E-state index is 0.0609. The van der Waals surface area contributed by atoms with Crippen LogP contribution >= 0.6 is 0 Å². The standard InChI is InChI=1S/C18H28N4O/c1-15-4-5-17(22-9-2-3-10-22)16(14-15)18(23)20-8-13-21-11-6-19-7-12-21/h4-5,14,19H,2-3,6-13H2,1H3,(H,20,23). The molecule has 0 aromatic heterocycles. The molecule has 5 nitrogen and oxygen atoms in total. The molecule has 2 saturated heterocycles. The SMILES string of the molecule is Cc1ccc(N2CCCC2)c(C(=O)NCCN2CCNCC2)c1. The van der Waals surface area contributed by atoms with Gasteiger partial charge in [-0.05, 0) is 31.9 Å². The third-order valence-corrected chi connectivity index (χ3v) is 4.77. The molecule has 0 atom stereocenters. The van der Waals surface area contributed by atoms with E-state index in [0.29, 0.717) is 6.54 Å². The van der Waals surface area contributed by atoms with Crippen molar-refractivity contribution in [2.75, 3.05) is 57.3 Å². The van der Waals surface area contributed by atoms with Crippen molar-refractivity contribution in [3.05, 3.63) is 29.3 Å². The summed E-state index contributed by atoms with van der Waals surface area (Å²) in [6, 6.07) is 6.23. The Morgan fingerprint density at radius 3 is 2.65 bits per heavy atom. The molecule has 23 heavy (non-hydrogen) atoms. The number of carbonyl (C=O) groups excluding carboxylic acids is 1. The lowest BCUT2D eigenvalue weighted by molar-refractivity contribution is 0.0947. The maximum Gasteiger partial charge on any atom is 0.253 e. The first-order valence-corrected chi connectivity index (χ1v) is 8.81. The molecule has 0 aliphatic carbocycles. The summed E-state index contributed by atoms with van der Waals surface area (Å²) >= 11 is 0. The van der Waals surface area contributed by atoms with E-state index in [2.05, 4.69) is 32.6 Å². The first-order chi connectivity index (χ1) is 11.2. The highest BCUT2D eigenvalue weighted by atomic mass is 16.1. The second-order valence-corrected chi connectivity index (χ2v) is 6.56. The van der Waals surface area contributed by atoms with Crippen LogP contribution in [-0.4, -0.2) is 63.2 Å². The van der Waals surface area contributed by atoms with Gasteiger partial charge in [0.15, 0.2) is 0 Å². The predicted octanol–water partition coefficient (Wildman–Crippen LogP) is 1.23. The Hall–Kier alpha value is -1.59.